The van der Waals surface area contributed by atoms with Gasteiger partial charge >= 0.3 is 0 Å². The normalized spacial score (nSPS) is 19.8. The lowest BCUT2D eigenvalue weighted by atomic mass is 10.1. The Morgan fingerprint density at radius 1 is 1.56 bits per heavy atom. The van der Waals surface area contributed by atoms with Crippen molar-refractivity contribution in [3.05, 3.63) is 23.9 Å². The van der Waals surface area contributed by atoms with Crippen LogP contribution >= 0.6 is 11.6 Å². The van der Waals surface area contributed by atoms with E-state index in [1.165, 1.54) is 0 Å². The van der Waals surface area contributed by atoms with Crippen LogP contribution in [0.3, 0.4) is 0 Å². The van der Waals surface area contributed by atoms with Crippen LogP contribution < -0.4 is 4.90 Å². The van der Waals surface area contributed by atoms with Crippen LogP contribution in [-0.4, -0.2) is 30.3 Å². The van der Waals surface area contributed by atoms with Gasteiger partial charge in [-0.3, -0.25) is 0 Å². The van der Waals surface area contributed by atoms with Crippen LogP contribution in [0, 0.1) is 0 Å². The molecular formula is C12H17ClN2O. The third kappa shape index (κ3) is 2.47. The van der Waals surface area contributed by atoms with E-state index in [1.807, 2.05) is 18.3 Å². The molecule has 0 N–H and O–H groups in total. The molecule has 1 aromatic heterocycles. The highest BCUT2D eigenvalue weighted by Gasteiger charge is 2.28. The lowest BCUT2D eigenvalue weighted by molar-refractivity contribution is -0.0279. The monoisotopic (exact) mass is 240 g/mol. The first-order valence-corrected chi connectivity index (χ1v) is 6.04. The van der Waals surface area contributed by atoms with Crippen molar-refractivity contribution in [2.75, 3.05) is 24.6 Å². The molecule has 0 aliphatic carbocycles. The van der Waals surface area contributed by atoms with E-state index < -0.39 is 0 Å². The number of hydrogen-bond acceptors (Lipinski definition) is 3. The lowest BCUT2D eigenvalue weighted by Crippen LogP contribution is -2.48. The second-order valence-corrected chi connectivity index (χ2v) is 4.92. The second-order valence-electron chi connectivity index (χ2n) is 4.65. The molecule has 1 aliphatic rings. The molecule has 2 heterocycles. The van der Waals surface area contributed by atoms with Crippen LogP contribution in [0.4, 0.5) is 5.82 Å². The standard InChI is InChI=1S/C12H17ClN2O/c1-12(2)9-15(6-7-16-12)11-10(8-13)4-3-5-14-11/h3-5H,6-9H2,1-2H3. The van der Waals surface area contributed by atoms with Crippen molar-refractivity contribution in [2.45, 2.75) is 25.3 Å². The SMILES string of the molecule is CC1(C)CN(c2ncccc2CCl)CCO1. The Kier molecular flexibility index (Phi) is 3.36. The summed E-state index contributed by atoms with van der Waals surface area (Å²) in [6.45, 7) is 6.68. The number of morpholine rings is 1. The van der Waals surface area contributed by atoms with E-state index in [9.17, 15) is 0 Å². The van der Waals surface area contributed by atoms with Gasteiger partial charge in [0.1, 0.15) is 5.82 Å². The highest BCUT2D eigenvalue weighted by Crippen LogP contribution is 2.24. The molecule has 0 saturated carbocycles. The summed E-state index contributed by atoms with van der Waals surface area (Å²) in [6, 6.07) is 3.95. The number of nitrogens with zero attached hydrogens (tertiary/aromatic N) is 2. The van der Waals surface area contributed by atoms with Gasteiger partial charge in [-0.15, -0.1) is 11.6 Å². The lowest BCUT2D eigenvalue weighted by Gasteiger charge is -2.39. The van der Waals surface area contributed by atoms with E-state index in [4.69, 9.17) is 16.3 Å². The summed E-state index contributed by atoms with van der Waals surface area (Å²) in [6.07, 6.45) is 1.81. The first kappa shape index (κ1) is 11.7. The van der Waals surface area contributed by atoms with Crippen molar-refractivity contribution < 1.29 is 4.74 Å². The molecule has 4 heteroatoms. The fourth-order valence-corrected chi connectivity index (χ4v) is 2.23. The van der Waals surface area contributed by atoms with E-state index in [-0.39, 0.29) is 5.60 Å². The Balaban J connectivity index is 2.23. The minimum Gasteiger partial charge on any atom is -0.372 e. The van der Waals surface area contributed by atoms with E-state index in [0.717, 1.165) is 31.1 Å². The Labute approximate surface area is 101 Å². The van der Waals surface area contributed by atoms with Gasteiger partial charge in [0.05, 0.1) is 18.1 Å². The molecule has 0 spiro atoms. The molecule has 1 aliphatic heterocycles. The number of halogens is 1. The van der Waals surface area contributed by atoms with E-state index in [2.05, 4.69) is 23.7 Å². The van der Waals surface area contributed by atoms with Gasteiger partial charge in [-0.05, 0) is 19.9 Å². The Bertz CT molecular complexity index is 368. The number of pyridine rings is 1. The first-order chi connectivity index (χ1) is 7.62. The third-order valence-electron chi connectivity index (χ3n) is 2.74. The summed E-state index contributed by atoms with van der Waals surface area (Å²) in [5, 5.41) is 0. The number of hydrogen-bond donors (Lipinski definition) is 0. The van der Waals surface area contributed by atoms with Crippen molar-refractivity contribution >= 4 is 17.4 Å². The van der Waals surface area contributed by atoms with Crippen molar-refractivity contribution in [3.8, 4) is 0 Å². The smallest absolute Gasteiger partial charge is 0.133 e. The van der Waals surface area contributed by atoms with Gasteiger partial charge in [-0.2, -0.15) is 0 Å². The zero-order valence-electron chi connectivity index (χ0n) is 9.74. The van der Waals surface area contributed by atoms with Gasteiger partial charge in [0, 0.05) is 24.8 Å². The maximum atomic E-state index is 5.92. The average Bonchev–Trinajstić information content (AvgIpc) is 2.27. The topological polar surface area (TPSA) is 25.4 Å². The maximum absolute atomic E-state index is 5.92. The molecule has 1 aromatic rings. The summed E-state index contributed by atoms with van der Waals surface area (Å²) in [7, 11) is 0. The molecule has 2 rings (SSSR count). The van der Waals surface area contributed by atoms with Gasteiger partial charge in [0.2, 0.25) is 0 Å². The van der Waals surface area contributed by atoms with Crippen LogP contribution in [-0.2, 0) is 10.6 Å². The maximum Gasteiger partial charge on any atom is 0.133 e. The molecule has 0 bridgehead atoms. The zero-order chi connectivity index (χ0) is 11.6. The Morgan fingerprint density at radius 3 is 3.06 bits per heavy atom. The predicted octanol–water partition coefficient (Wildman–Crippen LogP) is 2.44. The minimum absolute atomic E-state index is 0.112. The summed E-state index contributed by atoms with van der Waals surface area (Å²) >= 11 is 5.92. The second kappa shape index (κ2) is 4.60. The summed E-state index contributed by atoms with van der Waals surface area (Å²) in [4.78, 5) is 6.68. The third-order valence-corrected chi connectivity index (χ3v) is 3.02. The summed E-state index contributed by atoms with van der Waals surface area (Å²) < 4.78 is 5.69. The Hall–Kier alpha value is -0.800. The van der Waals surface area contributed by atoms with Crippen LogP contribution in [0.2, 0.25) is 0 Å². The van der Waals surface area contributed by atoms with Gasteiger partial charge in [-0.1, -0.05) is 6.07 Å². The fraction of sp³-hybridized carbons (Fsp3) is 0.583. The van der Waals surface area contributed by atoms with Crippen LogP contribution in [0.25, 0.3) is 0 Å². The van der Waals surface area contributed by atoms with E-state index in [0.29, 0.717) is 5.88 Å². The van der Waals surface area contributed by atoms with Gasteiger partial charge in [0.15, 0.2) is 0 Å². The van der Waals surface area contributed by atoms with Crippen molar-refractivity contribution in [1.29, 1.82) is 0 Å². The van der Waals surface area contributed by atoms with Gasteiger partial charge < -0.3 is 9.64 Å². The molecule has 16 heavy (non-hydrogen) atoms. The molecule has 1 saturated heterocycles. The zero-order valence-corrected chi connectivity index (χ0v) is 10.5. The van der Waals surface area contributed by atoms with Crippen LogP contribution in [0.1, 0.15) is 19.4 Å². The molecule has 3 nitrogen and oxygen atoms in total. The number of anilines is 1. The van der Waals surface area contributed by atoms with Crippen molar-refractivity contribution in [3.63, 3.8) is 0 Å². The number of rotatable bonds is 2. The van der Waals surface area contributed by atoms with Crippen molar-refractivity contribution in [2.24, 2.45) is 0 Å². The molecular weight excluding hydrogens is 224 g/mol. The van der Waals surface area contributed by atoms with Crippen molar-refractivity contribution in [1.82, 2.24) is 4.98 Å². The van der Waals surface area contributed by atoms with E-state index in [1.54, 1.807) is 0 Å². The average molecular weight is 241 g/mol. The Morgan fingerprint density at radius 2 is 2.38 bits per heavy atom. The highest BCUT2D eigenvalue weighted by molar-refractivity contribution is 6.17. The summed E-state index contributed by atoms with van der Waals surface area (Å²) in [5.41, 5.74) is 0.973. The van der Waals surface area contributed by atoms with Crippen LogP contribution in [0.15, 0.2) is 18.3 Å². The molecule has 0 radical (unpaired) electrons. The number of ether oxygens (including phenoxy) is 1. The largest absolute Gasteiger partial charge is 0.372 e. The quantitative estimate of drug-likeness (QED) is 0.743. The number of aromatic nitrogens is 1. The molecule has 88 valence electrons. The minimum atomic E-state index is -0.112. The molecule has 0 atom stereocenters. The van der Waals surface area contributed by atoms with E-state index >= 15 is 0 Å². The molecule has 0 unspecified atom stereocenters. The molecule has 0 amide bonds. The van der Waals surface area contributed by atoms with Gasteiger partial charge in [-0.25, -0.2) is 4.98 Å². The predicted molar refractivity (Wildman–Crippen MR) is 66.0 cm³/mol. The van der Waals surface area contributed by atoms with Gasteiger partial charge in [0.25, 0.3) is 0 Å². The highest BCUT2D eigenvalue weighted by atomic mass is 35.5. The fourth-order valence-electron chi connectivity index (χ4n) is 2.02. The molecule has 0 aromatic carbocycles. The number of alkyl halides is 1. The molecule has 1 fully saturated rings. The van der Waals surface area contributed by atoms with Crippen LogP contribution in [0.5, 0.6) is 0 Å². The summed E-state index contributed by atoms with van der Waals surface area (Å²) in [5.74, 6) is 1.50. The first-order valence-electron chi connectivity index (χ1n) is 5.51.